The van der Waals surface area contributed by atoms with Gasteiger partial charge < -0.3 is 4.90 Å². The molecule has 0 aliphatic carbocycles. The van der Waals surface area contributed by atoms with E-state index in [1.54, 1.807) is 42.5 Å². The Labute approximate surface area is 199 Å². The van der Waals surface area contributed by atoms with E-state index in [0.717, 1.165) is 12.0 Å². The fraction of sp³-hybridized carbons (Fsp3) is 0.333. The molecule has 1 aliphatic rings. The Morgan fingerprint density at radius 2 is 1.55 bits per heavy atom. The lowest BCUT2D eigenvalue weighted by Crippen LogP contribution is -2.49. The number of hydrogen-bond acceptors (Lipinski definition) is 5. The minimum Gasteiger partial charge on any atom is -0.353 e. The normalized spacial score (nSPS) is 15.2. The van der Waals surface area contributed by atoms with Crippen molar-refractivity contribution in [2.45, 2.75) is 25.2 Å². The SMILES string of the molecule is CC(C)Cc1ccc(S(=O)(=O)N2CCN(c3ccc(=O)n(-c4ccc(Cl)cc4)n3)CC2)cc1. The second kappa shape index (κ2) is 9.67. The molecule has 0 bridgehead atoms. The van der Waals surface area contributed by atoms with Gasteiger partial charge in [-0.05, 0) is 60.4 Å². The summed E-state index contributed by atoms with van der Waals surface area (Å²) < 4.78 is 29.1. The van der Waals surface area contributed by atoms with Crippen LogP contribution in [0.4, 0.5) is 5.82 Å². The van der Waals surface area contributed by atoms with E-state index in [2.05, 4.69) is 18.9 Å². The zero-order chi connectivity index (χ0) is 23.6. The summed E-state index contributed by atoms with van der Waals surface area (Å²) in [6.07, 6.45) is 0.921. The minimum atomic E-state index is -3.56. The average molecular weight is 487 g/mol. The van der Waals surface area contributed by atoms with Gasteiger partial charge in [-0.3, -0.25) is 4.79 Å². The summed E-state index contributed by atoms with van der Waals surface area (Å²) in [6, 6.07) is 17.2. The third-order valence-corrected chi connectivity index (χ3v) is 7.79. The summed E-state index contributed by atoms with van der Waals surface area (Å²) in [5.74, 6) is 1.14. The van der Waals surface area contributed by atoms with E-state index in [0.29, 0.717) is 53.5 Å². The monoisotopic (exact) mass is 486 g/mol. The molecule has 1 saturated heterocycles. The Bertz CT molecular complexity index is 1260. The highest BCUT2D eigenvalue weighted by atomic mass is 35.5. The first-order valence-electron chi connectivity index (χ1n) is 10.9. The van der Waals surface area contributed by atoms with E-state index in [1.165, 1.54) is 15.1 Å². The van der Waals surface area contributed by atoms with Crippen molar-refractivity contribution in [1.82, 2.24) is 14.1 Å². The van der Waals surface area contributed by atoms with Crippen LogP contribution in [0.2, 0.25) is 5.02 Å². The number of halogens is 1. The second-order valence-electron chi connectivity index (χ2n) is 8.55. The van der Waals surface area contributed by atoms with Crippen molar-refractivity contribution in [3.05, 3.63) is 81.6 Å². The lowest BCUT2D eigenvalue weighted by Gasteiger charge is -2.34. The van der Waals surface area contributed by atoms with Crippen LogP contribution < -0.4 is 10.5 Å². The molecule has 2 heterocycles. The van der Waals surface area contributed by atoms with Gasteiger partial charge in [0.05, 0.1) is 10.6 Å². The molecule has 0 radical (unpaired) electrons. The molecule has 1 aliphatic heterocycles. The van der Waals surface area contributed by atoms with Gasteiger partial charge in [0.2, 0.25) is 10.0 Å². The highest BCUT2D eigenvalue weighted by Crippen LogP contribution is 2.21. The summed E-state index contributed by atoms with van der Waals surface area (Å²) >= 11 is 5.94. The molecule has 0 unspecified atom stereocenters. The Morgan fingerprint density at radius 3 is 2.15 bits per heavy atom. The van der Waals surface area contributed by atoms with Crippen LogP contribution in [0.25, 0.3) is 5.69 Å². The number of aromatic nitrogens is 2. The van der Waals surface area contributed by atoms with Crippen LogP contribution in [-0.4, -0.2) is 48.7 Å². The van der Waals surface area contributed by atoms with Gasteiger partial charge >= 0.3 is 0 Å². The van der Waals surface area contributed by atoms with Crippen LogP contribution in [0.15, 0.2) is 70.4 Å². The molecule has 0 spiro atoms. The van der Waals surface area contributed by atoms with Crippen molar-refractivity contribution in [2.24, 2.45) is 5.92 Å². The molecule has 9 heteroatoms. The Morgan fingerprint density at radius 1 is 0.909 bits per heavy atom. The van der Waals surface area contributed by atoms with Gasteiger partial charge in [-0.2, -0.15) is 8.99 Å². The summed E-state index contributed by atoms with van der Waals surface area (Å²) in [4.78, 5) is 14.6. The molecule has 0 saturated carbocycles. The summed E-state index contributed by atoms with van der Waals surface area (Å²) in [7, 11) is -3.56. The molecule has 33 heavy (non-hydrogen) atoms. The van der Waals surface area contributed by atoms with E-state index < -0.39 is 10.0 Å². The number of sulfonamides is 1. The van der Waals surface area contributed by atoms with Crippen LogP contribution in [0.1, 0.15) is 19.4 Å². The van der Waals surface area contributed by atoms with Gasteiger partial charge in [0.1, 0.15) is 5.82 Å². The molecular formula is C24H27ClN4O3S. The van der Waals surface area contributed by atoms with Crippen molar-refractivity contribution in [3.63, 3.8) is 0 Å². The molecule has 4 rings (SSSR count). The first-order valence-corrected chi connectivity index (χ1v) is 12.8. The predicted molar refractivity (Wildman–Crippen MR) is 131 cm³/mol. The molecule has 0 atom stereocenters. The minimum absolute atomic E-state index is 0.247. The maximum Gasteiger partial charge on any atom is 0.271 e. The molecule has 2 aromatic carbocycles. The number of piperazine rings is 1. The average Bonchev–Trinajstić information content (AvgIpc) is 2.80. The standard InChI is InChI=1S/C24H27ClN4O3S/c1-18(2)17-19-3-9-22(10-4-19)33(31,32)28-15-13-27(14-16-28)23-11-12-24(30)29(26-23)21-7-5-20(25)6-8-21/h3-12,18H,13-17H2,1-2H3. The fourth-order valence-corrected chi connectivity index (χ4v) is 5.46. The Hall–Kier alpha value is -2.68. The van der Waals surface area contributed by atoms with E-state index in [-0.39, 0.29) is 5.56 Å². The lowest BCUT2D eigenvalue weighted by molar-refractivity contribution is 0.383. The van der Waals surface area contributed by atoms with Gasteiger partial charge in [-0.15, -0.1) is 5.10 Å². The molecule has 1 fully saturated rings. The lowest BCUT2D eigenvalue weighted by atomic mass is 10.0. The van der Waals surface area contributed by atoms with Gasteiger partial charge in [-0.1, -0.05) is 37.6 Å². The van der Waals surface area contributed by atoms with E-state index >= 15 is 0 Å². The number of hydrogen-bond donors (Lipinski definition) is 0. The number of anilines is 1. The van der Waals surface area contributed by atoms with Crippen molar-refractivity contribution in [3.8, 4) is 5.69 Å². The quantitative estimate of drug-likeness (QED) is 0.532. The molecule has 3 aromatic rings. The van der Waals surface area contributed by atoms with Crippen LogP contribution in [0, 0.1) is 5.92 Å². The second-order valence-corrected chi connectivity index (χ2v) is 10.9. The first kappa shape index (κ1) is 23.5. The largest absolute Gasteiger partial charge is 0.353 e. The van der Waals surface area contributed by atoms with Crippen molar-refractivity contribution in [1.29, 1.82) is 0 Å². The zero-order valence-electron chi connectivity index (χ0n) is 18.7. The topological polar surface area (TPSA) is 75.5 Å². The van der Waals surface area contributed by atoms with Gasteiger partial charge in [0.15, 0.2) is 0 Å². The maximum atomic E-state index is 13.1. The van der Waals surface area contributed by atoms with Crippen molar-refractivity contribution >= 4 is 27.4 Å². The molecule has 174 valence electrons. The molecular weight excluding hydrogens is 460 g/mol. The van der Waals surface area contributed by atoms with E-state index in [1.807, 2.05) is 17.0 Å². The highest BCUT2D eigenvalue weighted by Gasteiger charge is 2.29. The smallest absolute Gasteiger partial charge is 0.271 e. The Kier molecular flexibility index (Phi) is 6.88. The molecule has 0 amide bonds. The number of rotatable bonds is 6. The van der Waals surface area contributed by atoms with Gasteiger partial charge in [-0.25, -0.2) is 8.42 Å². The molecule has 7 nitrogen and oxygen atoms in total. The van der Waals surface area contributed by atoms with Crippen LogP contribution in [0.5, 0.6) is 0 Å². The van der Waals surface area contributed by atoms with Gasteiger partial charge in [0.25, 0.3) is 5.56 Å². The Balaban J connectivity index is 1.47. The van der Waals surface area contributed by atoms with Crippen LogP contribution >= 0.6 is 11.6 Å². The van der Waals surface area contributed by atoms with E-state index in [4.69, 9.17) is 11.6 Å². The van der Waals surface area contributed by atoms with Crippen molar-refractivity contribution < 1.29 is 8.42 Å². The molecule has 1 aromatic heterocycles. The number of nitrogens with zero attached hydrogens (tertiary/aromatic N) is 4. The molecule has 0 N–H and O–H groups in total. The van der Waals surface area contributed by atoms with Crippen LogP contribution in [0.3, 0.4) is 0 Å². The summed E-state index contributed by atoms with van der Waals surface area (Å²) in [6.45, 7) is 5.93. The summed E-state index contributed by atoms with van der Waals surface area (Å²) in [5, 5.41) is 5.07. The van der Waals surface area contributed by atoms with Gasteiger partial charge in [0, 0.05) is 37.3 Å². The maximum absolute atomic E-state index is 13.1. The summed E-state index contributed by atoms with van der Waals surface area (Å²) in [5.41, 5.74) is 1.51. The third kappa shape index (κ3) is 5.29. The zero-order valence-corrected chi connectivity index (χ0v) is 20.3. The third-order valence-electron chi connectivity index (χ3n) is 5.63. The number of benzene rings is 2. The van der Waals surface area contributed by atoms with Crippen LogP contribution in [-0.2, 0) is 16.4 Å². The highest BCUT2D eigenvalue weighted by molar-refractivity contribution is 7.89. The van der Waals surface area contributed by atoms with Crippen molar-refractivity contribution in [2.75, 3.05) is 31.1 Å². The van der Waals surface area contributed by atoms with E-state index in [9.17, 15) is 13.2 Å². The fourth-order valence-electron chi connectivity index (χ4n) is 3.91. The first-order chi connectivity index (χ1) is 15.7. The predicted octanol–water partition coefficient (Wildman–Crippen LogP) is 3.60.